The van der Waals surface area contributed by atoms with Gasteiger partial charge in [0.2, 0.25) is 10.0 Å². The molecule has 0 amide bonds. The first-order chi connectivity index (χ1) is 5.48. The summed E-state index contributed by atoms with van der Waals surface area (Å²) in [5.74, 6) is 0.364. The molecular formula is C6H11Cl2NO2S. The van der Waals surface area contributed by atoms with Crippen LogP contribution in [-0.4, -0.2) is 26.6 Å². The summed E-state index contributed by atoms with van der Waals surface area (Å²) >= 11 is 10.7. The first kappa shape index (κ1) is 12.2. The maximum absolute atomic E-state index is 11.0. The topological polar surface area (TPSA) is 46.2 Å². The second kappa shape index (κ2) is 5.80. The van der Waals surface area contributed by atoms with Crippen LogP contribution in [-0.2, 0) is 10.0 Å². The summed E-state index contributed by atoms with van der Waals surface area (Å²) in [7, 11) is -3.22. The molecule has 0 rings (SSSR count). The Kier molecular flexibility index (Phi) is 5.92. The van der Waals surface area contributed by atoms with Crippen molar-refractivity contribution in [2.75, 3.05) is 18.2 Å². The van der Waals surface area contributed by atoms with Crippen LogP contribution < -0.4 is 4.72 Å². The molecule has 0 saturated heterocycles. The lowest BCUT2D eigenvalue weighted by atomic mass is 10.6. The van der Waals surface area contributed by atoms with E-state index in [0.717, 1.165) is 0 Å². The van der Waals surface area contributed by atoms with Crippen LogP contribution in [0.15, 0.2) is 11.6 Å². The van der Waals surface area contributed by atoms with Gasteiger partial charge in [-0.1, -0.05) is 18.2 Å². The standard InChI is InChI=1S/C6H11Cl2NO2S/c1-6(8)5-9-12(10,11)4-2-3-7/h9H,1-5H2. The van der Waals surface area contributed by atoms with Gasteiger partial charge in [0, 0.05) is 17.5 Å². The van der Waals surface area contributed by atoms with Crippen molar-refractivity contribution in [3.8, 4) is 0 Å². The van der Waals surface area contributed by atoms with Gasteiger partial charge < -0.3 is 0 Å². The highest BCUT2D eigenvalue weighted by atomic mass is 35.5. The zero-order valence-corrected chi connectivity index (χ0v) is 8.84. The van der Waals surface area contributed by atoms with Crippen LogP contribution in [0.1, 0.15) is 6.42 Å². The Labute approximate surface area is 82.8 Å². The van der Waals surface area contributed by atoms with Crippen LogP contribution in [0.5, 0.6) is 0 Å². The zero-order chi connectivity index (χ0) is 9.61. The lowest BCUT2D eigenvalue weighted by Crippen LogP contribution is -2.27. The molecule has 6 heteroatoms. The van der Waals surface area contributed by atoms with E-state index in [0.29, 0.717) is 12.3 Å². The molecule has 0 aliphatic carbocycles. The smallest absolute Gasteiger partial charge is 0.211 e. The number of nitrogens with one attached hydrogen (secondary N) is 1. The largest absolute Gasteiger partial charge is 0.212 e. The van der Waals surface area contributed by atoms with Gasteiger partial charge in [-0.05, 0) is 6.42 Å². The van der Waals surface area contributed by atoms with Gasteiger partial charge in [0.1, 0.15) is 0 Å². The Morgan fingerprint density at radius 1 is 1.50 bits per heavy atom. The Bertz CT molecular complexity index is 238. The second-order valence-corrected chi connectivity index (χ2v) is 5.04. The molecule has 0 unspecified atom stereocenters. The van der Waals surface area contributed by atoms with Crippen molar-refractivity contribution in [2.24, 2.45) is 0 Å². The fraction of sp³-hybridized carbons (Fsp3) is 0.667. The predicted octanol–water partition coefficient (Wildman–Crippen LogP) is 1.29. The van der Waals surface area contributed by atoms with E-state index < -0.39 is 10.0 Å². The maximum atomic E-state index is 11.0. The van der Waals surface area contributed by atoms with Crippen LogP contribution in [0, 0.1) is 0 Å². The van der Waals surface area contributed by atoms with Crippen molar-refractivity contribution in [3.05, 3.63) is 11.6 Å². The molecule has 0 aliphatic rings. The quantitative estimate of drug-likeness (QED) is 0.701. The van der Waals surface area contributed by atoms with E-state index in [9.17, 15) is 8.42 Å². The summed E-state index contributed by atoms with van der Waals surface area (Å²) in [5.41, 5.74) is 0. The molecule has 0 aromatic carbocycles. The van der Waals surface area contributed by atoms with Crippen molar-refractivity contribution >= 4 is 33.2 Å². The number of hydrogen-bond acceptors (Lipinski definition) is 2. The van der Waals surface area contributed by atoms with E-state index in [-0.39, 0.29) is 17.3 Å². The van der Waals surface area contributed by atoms with Gasteiger partial charge in [-0.3, -0.25) is 0 Å². The first-order valence-electron chi connectivity index (χ1n) is 3.34. The van der Waals surface area contributed by atoms with Gasteiger partial charge in [-0.2, -0.15) is 0 Å². The SMILES string of the molecule is C=C(Cl)CNS(=O)(=O)CCCCl. The minimum atomic E-state index is -3.22. The van der Waals surface area contributed by atoms with E-state index in [2.05, 4.69) is 11.3 Å². The van der Waals surface area contributed by atoms with Crippen LogP contribution in [0.3, 0.4) is 0 Å². The molecule has 0 saturated carbocycles. The summed E-state index contributed by atoms with van der Waals surface area (Å²) in [5, 5.41) is 0.268. The summed E-state index contributed by atoms with van der Waals surface area (Å²) in [4.78, 5) is 0. The molecular weight excluding hydrogens is 221 g/mol. The summed E-state index contributed by atoms with van der Waals surface area (Å²) in [6.07, 6.45) is 0.436. The lowest BCUT2D eigenvalue weighted by Gasteiger charge is -2.03. The van der Waals surface area contributed by atoms with Crippen molar-refractivity contribution in [3.63, 3.8) is 0 Å². The molecule has 1 N–H and O–H groups in total. The molecule has 0 aliphatic heterocycles. The highest BCUT2D eigenvalue weighted by molar-refractivity contribution is 7.89. The molecule has 12 heavy (non-hydrogen) atoms. The van der Waals surface area contributed by atoms with E-state index in [1.54, 1.807) is 0 Å². The third kappa shape index (κ3) is 6.91. The van der Waals surface area contributed by atoms with Crippen LogP contribution in [0.4, 0.5) is 0 Å². The lowest BCUT2D eigenvalue weighted by molar-refractivity contribution is 0.584. The summed E-state index contributed by atoms with van der Waals surface area (Å²) in [6, 6.07) is 0. The average molecular weight is 232 g/mol. The minimum Gasteiger partial charge on any atom is -0.212 e. The zero-order valence-electron chi connectivity index (χ0n) is 6.52. The average Bonchev–Trinajstić information content (AvgIpc) is 1.98. The fourth-order valence-electron chi connectivity index (χ4n) is 0.505. The number of hydrogen-bond donors (Lipinski definition) is 1. The van der Waals surface area contributed by atoms with E-state index >= 15 is 0 Å². The van der Waals surface area contributed by atoms with Gasteiger partial charge >= 0.3 is 0 Å². The fourth-order valence-corrected chi connectivity index (χ4v) is 2.01. The summed E-state index contributed by atoms with van der Waals surface area (Å²) < 4.78 is 24.3. The molecule has 0 atom stereocenters. The van der Waals surface area contributed by atoms with Crippen molar-refractivity contribution < 1.29 is 8.42 Å². The number of rotatable bonds is 6. The predicted molar refractivity (Wildman–Crippen MR) is 52.1 cm³/mol. The number of halogens is 2. The Morgan fingerprint density at radius 2 is 2.08 bits per heavy atom. The second-order valence-electron chi connectivity index (χ2n) is 2.20. The summed E-state index contributed by atoms with van der Waals surface area (Å²) in [6.45, 7) is 3.43. The molecule has 0 heterocycles. The van der Waals surface area contributed by atoms with E-state index in [1.165, 1.54) is 0 Å². The van der Waals surface area contributed by atoms with Crippen molar-refractivity contribution in [1.29, 1.82) is 0 Å². The molecule has 0 radical (unpaired) electrons. The monoisotopic (exact) mass is 231 g/mol. The third-order valence-corrected chi connectivity index (χ3v) is 2.84. The van der Waals surface area contributed by atoms with Gasteiger partial charge in [-0.15, -0.1) is 11.6 Å². The molecule has 3 nitrogen and oxygen atoms in total. The van der Waals surface area contributed by atoms with Crippen molar-refractivity contribution in [1.82, 2.24) is 4.72 Å². The van der Waals surface area contributed by atoms with Crippen molar-refractivity contribution in [2.45, 2.75) is 6.42 Å². The van der Waals surface area contributed by atoms with Crippen LogP contribution in [0.2, 0.25) is 0 Å². The first-order valence-corrected chi connectivity index (χ1v) is 5.91. The highest BCUT2D eigenvalue weighted by Gasteiger charge is 2.08. The molecule has 0 aromatic heterocycles. The van der Waals surface area contributed by atoms with Gasteiger partial charge in [0.05, 0.1) is 5.75 Å². The molecule has 72 valence electrons. The molecule has 0 fully saturated rings. The molecule has 0 aromatic rings. The number of alkyl halides is 1. The highest BCUT2D eigenvalue weighted by Crippen LogP contribution is 1.96. The van der Waals surface area contributed by atoms with Crippen LogP contribution in [0.25, 0.3) is 0 Å². The normalized spacial score (nSPS) is 11.5. The number of sulfonamides is 1. The van der Waals surface area contributed by atoms with Gasteiger partial charge in [-0.25, -0.2) is 13.1 Å². The molecule has 0 bridgehead atoms. The molecule has 0 spiro atoms. The Morgan fingerprint density at radius 3 is 2.50 bits per heavy atom. The van der Waals surface area contributed by atoms with Gasteiger partial charge in [0.25, 0.3) is 0 Å². The Balaban J connectivity index is 3.80. The minimum absolute atomic E-state index is 0.0284. The third-order valence-electron chi connectivity index (χ3n) is 1.03. The Hall–Kier alpha value is 0.230. The van der Waals surface area contributed by atoms with Gasteiger partial charge in [0.15, 0.2) is 0 Å². The van der Waals surface area contributed by atoms with E-state index in [1.807, 2.05) is 0 Å². The van der Waals surface area contributed by atoms with Crippen LogP contribution >= 0.6 is 23.2 Å². The maximum Gasteiger partial charge on any atom is 0.211 e. The van der Waals surface area contributed by atoms with E-state index in [4.69, 9.17) is 23.2 Å².